The quantitative estimate of drug-likeness (QED) is 0.216. The van der Waals surface area contributed by atoms with Gasteiger partial charge in [0.25, 0.3) is 0 Å². The average molecular weight is 459 g/mol. The van der Waals surface area contributed by atoms with Gasteiger partial charge in [0.1, 0.15) is 5.75 Å². The third-order valence-electron chi connectivity index (χ3n) is 8.01. The number of rotatable bonds is 9. The summed E-state index contributed by atoms with van der Waals surface area (Å²) in [4.78, 5) is 5.99. The topological polar surface area (TPSA) is 72.8 Å². The molecule has 168 valence electrons. The van der Waals surface area contributed by atoms with E-state index in [-0.39, 0.29) is 22.7 Å². The second-order valence-corrected chi connectivity index (χ2v) is 12.2. The molecule has 5 nitrogen and oxygen atoms in total. The Labute approximate surface area is 183 Å². The highest BCUT2D eigenvalue weighted by atomic mass is 32.3. The van der Waals surface area contributed by atoms with Crippen LogP contribution in [0.1, 0.15) is 58.8 Å². The summed E-state index contributed by atoms with van der Waals surface area (Å²) in [5.74, 6) is 3.23. The summed E-state index contributed by atoms with van der Waals surface area (Å²) in [5, 5.41) is 9.79. The molecule has 4 saturated carbocycles. The lowest BCUT2D eigenvalue weighted by Crippen LogP contribution is -2.56. The van der Waals surface area contributed by atoms with E-state index < -0.39 is 10.5 Å². The van der Waals surface area contributed by atoms with E-state index in [2.05, 4.69) is 18.0 Å². The molecule has 0 heterocycles. The fourth-order valence-electron chi connectivity index (χ4n) is 6.78. The lowest BCUT2D eigenvalue weighted by molar-refractivity contribution is -0.321. The number of hydrogen-bond acceptors (Lipinski definition) is 6. The standard InChI is InChI=1S/C22H31FO5S2/c1-21(2,22-12-15-9-16(13-22)11-17(10-15)14-22)20(27-24)7-8-29-19-5-3-18(4-6-19)28-30(23,25)26/h3-6,15-17,20,24H,7-14H2,1-2H3. The van der Waals surface area contributed by atoms with E-state index in [1.807, 2.05) is 0 Å². The second kappa shape index (κ2) is 8.26. The van der Waals surface area contributed by atoms with Gasteiger partial charge in [0, 0.05) is 10.6 Å². The van der Waals surface area contributed by atoms with Crippen molar-refractivity contribution >= 4 is 22.3 Å². The molecule has 5 rings (SSSR count). The van der Waals surface area contributed by atoms with E-state index >= 15 is 0 Å². The number of thioether (sulfide) groups is 1. The lowest BCUT2D eigenvalue weighted by Gasteiger charge is -2.63. The smallest absolute Gasteiger partial charge is 0.358 e. The first kappa shape index (κ1) is 22.4. The molecule has 4 fully saturated rings. The molecule has 4 aliphatic carbocycles. The van der Waals surface area contributed by atoms with Crippen molar-refractivity contribution in [1.82, 2.24) is 0 Å². The van der Waals surface area contributed by atoms with E-state index in [1.165, 1.54) is 50.7 Å². The lowest BCUT2D eigenvalue weighted by atomic mass is 9.42. The molecule has 8 heteroatoms. The fraction of sp³-hybridized carbons (Fsp3) is 0.727. The van der Waals surface area contributed by atoms with E-state index in [9.17, 15) is 17.6 Å². The van der Waals surface area contributed by atoms with Crippen LogP contribution >= 0.6 is 11.8 Å². The Morgan fingerprint density at radius 3 is 2.13 bits per heavy atom. The SMILES string of the molecule is CC(C)(C(CCSc1ccc(OS(=O)(=O)F)cc1)OO)C12CC3CC(CC(C3)C1)C2. The van der Waals surface area contributed by atoms with Gasteiger partial charge < -0.3 is 4.18 Å². The maximum absolute atomic E-state index is 12.6. The van der Waals surface area contributed by atoms with E-state index in [0.29, 0.717) is 6.42 Å². The summed E-state index contributed by atoms with van der Waals surface area (Å²) in [6, 6.07) is 6.26. The Bertz CT molecular complexity index is 817. The van der Waals surface area contributed by atoms with Crippen LogP contribution in [0.2, 0.25) is 0 Å². The first-order valence-electron chi connectivity index (χ1n) is 10.8. The van der Waals surface area contributed by atoms with Crippen LogP contribution in [0.3, 0.4) is 0 Å². The molecule has 0 aliphatic heterocycles. The first-order chi connectivity index (χ1) is 14.1. The highest BCUT2D eigenvalue weighted by Gasteiger charge is 2.59. The molecule has 0 amide bonds. The predicted molar refractivity (Wildman–Crippen MR) is 114 cm³/mol. The fourth-order valence-corrected chi connectivity index (χ4v) is 8.01. The first-order valence-corrected chi connectivity index (χ1v) is 13.1. The van der Waals surface area contributed by atoms with Crippen molar-refractivity contribution in [2.24, 2.45) is 28.6 Å². The molecule has 1 unspecified atom stereocenters. The summed E-state index contributed by atoms with van der Waals surface area (Å²) in [5.41, 5.74) is 0.155. The van der Waals surface area contributed by atoms with Crippen LogP contribution in [0, 0.1) is 28.6 Å². The summed E-state index contributed by atoms with van der Waals surface area (Å²) in [7, 11) is -5.01. The molecule has 0 spiro atoms. The normalized spacial score (nSPS) is 31.7. The van der Waals surface area contributed by atoms with Gasteiger partial charge in [-0.25, -0.2) is 4.89 Å². The van der Waals surface area contributed by atoms with Crippen molar-refractivity contribution in [3.05, 3.63) is 24.3 Å². The monoisotopic (exact) mass is 458 g/mol. The third-order valence-corrected chi connectivity index (χ3v) is 9.44. The van der Waals surface area contributed by atoms with Crippen LogP contribution in [0.5, 0.6) is 5.75 Å². The van der Waals surface area contributed by atoms with E-state index in [1.54, 1.807) is 23.9 Å². The molecule has 30 heavy (non-hydrogen) atoms. The Kier molecular flexibility index (Phi) is 6.16. The molecule has 1 atom stereocenters. The highest BCUT2D eigenvalue weighted by Crippen LogP contribution is 2.67. The minimum absolute atomic E-state index is 0.0543. The van der Waals surface area contributed by atoms with Gasteiger partial charge in [-0.3, -0.25) is 5.26 Å². The maximum atomic E-state index is 12.6. The van der Waals surface area contributed by atoms with Crippen LogP contribution in [-0.4, -0.2) is 25.5 Å². The van der Waals surface area contributed by atoms with Crippen molar-refractivity contribution in [2.45, 2.75) is 69.8 Å². The van der Waals surface area contributed by atoms with Gasteiger partial charge in [0.15, 0.2) is 0 Å². The second-order valence-electron chi connectivity index (χ2n) is 10.1. The van der Waals surface area contributed by atoms with Gasteiger partial charge in [-0.05, 0) is 97.8 Å². The Balaban J connectivity index is 1.36. The van der Waals surface area contributed by atoms with Gasteiger partial charge >= 0.3 is 10.5 Å². The Morgan fingerprint density at radius 2 is 1.67 bits per heavy atom. The Hall–Kier alpha value is -0.830. The van der Waals surface area contributed by atoms with Crippen LogP contribution in [0.15, 0.2) is 29.2 Å². The summed E-state index contributed by atoms with van der Waals surface area (Å²) >= 11 is 1.59. The van der Waals surface area contributed by atoms with Gasteiger partial charge in [0.2, 0.25) is 0 Å². The predicted octanol–water partition coefficient (Wildman–Crippen LogP) is 5.86. The Morgan fingerprint density at radius 1 is 1.13 bits per heavy atom. The summed E-state index contributed by atoms with van der Waals surface area (Å²) in [6.45, 7) is 4.55. The minimum Gasteiger partial charge on any atom is -0.358 e. The zero-order valence-electron chi connectivity index (χ0n) is 17.6. The zero-order valence-corrected chi connectivity index (χ0v) is 19.2. The highest BCUT2D eigenvalue weighted by molar-refractivity contribution is 7.99. The largest absolute Gasteiger partial charge is 0.488 e. The van der Waals surface area contributed by atoms with Crippen molar-refractivity contribution in [3.8, 4) is 5.75 Å². The molecule has 1 N–H and O–H groups in total. The number of hydrogen-bond donors (Lipinski definition) is 1. The molecule has 4 aliphatic rings. The summed E-state index contributed by atoms with van der Waals surface area (Å²) in [6.07, 6.45) is 8.43. The van der Waals surface area contributed by atoms with Crippen molar-refractivity contribution < 1.29 is 26.6 Å². The van der Waals surface area contributed by atoms with Gasteiger partial charge in [-0.1, -0.05) is 17.7 Å². The molecular weight excluding hydrogens is 427 g/mol. The molecule has 1 aromatic carbocycles. The van der Waals surface area contributed by atoms with Crippen molar-refractivity contribution in [1.29, 1.82) is 0 Å². The average Bonchev–Trinajstić information content (AvgIpc) is 2.64. The number of halogens is 1. The minimum atomic E-state index is -5.01. The molecule has 0 radical (unpaired) electrons. The van der Waals surface area contributed by atoms with Crippen LogP contribution in [-0.2, 0) is 15.4 Å². The third kappa shape index (κ3) is 4.52. The molecule has 0 saturated heterocycles. The van der Waals surface area contributed by atoms with Crippen LogP contribution < -0.4 is 4.18 Å². The van der Waals surface area contributed by atoms with E-state index in [4.69, 9.17) is 4.89 Å². The van der Waals surface area contributed by atoms with Crippen molar-refractivity contribution in [3.63, 3.8) is 0 Å². The van der Waals surface area contributed by atoms with Crippen LogP contribution in [0.4, 0.5) is 3.89 Å². The molecule has 1 aromatic rings. The number of benzene rings is 1. The van der Waals surface area contributed by atoms with E-state index in [0.717, 1.165) is 28.4 Å². The van der Waals surface area contributed by atoms with Gasteiger partial charge in [-0.2, -0.15) is 8.42 Å². The van der Waals surface area contributed by atoms with Crippen LogP contribution in [0.25, 0.3) is 0 Å². The van der Waals surface area contributed by atoms with Crippen molar-refractivity contribution in [2.75, 3.05) is 5.75 Å². The van der Waals surface area contributed by atoms with Gasteiger partial charge in [0.05, 0.1) is 6.10 Å². The maximum Gasteiger partial charge on any atom is 0.488 e. The molecular formula is C22H31FO5S2. The summed E-state index contributed by atoms with van der Waals surface area (Å²) < 4.78 is 37.9. The molecule has 4 bridgehead atoms. The van der Waals surface area contributed by atoms with Gasteiger partial charge in [-0.15, -0.1) is 11.8 Å². The zero-order chi connectivity index (χ0) is 21.6. The molecule has 0 aromatic heterocycles.